The van der Waals surface area contributed by atoms with Crippen molar-refractivity contribution in [1.82, 2.24) is 0 Å². The van der Waals surface area contributed by atoms with Crippen LogP contribution in [0.1, 0.15) is 27.7 Å². The lowest BCUT2D eigenvalue weighted by molar-refractivity contribution is 1.14. The molecule has 0 saturated heterocycles. The van der Waals surface area contributed by atoms with Crippen LogP contribution in [0.25, 0.3) is 0 Å². The fraction of sp³-hybridized carbons (Fsp3) is 0.238. The number of hydrogen-bond donors (Lipinski definition) is 0. The molecule has 0 fully saturated rings. The Morgan fingerprint density at radius 2 is 1.88 bits per heavy atom. The van der Waals surface area contributed by atoms with Crippen molar-refractivity contribution in [3.05, 3.63) is 78.6 Å². The van der Waals surface area contributed by atoms with Gasteiger partial charge >= 0.3 is 0 Å². The summed E-state index contributed by atoms with van der Waals surface area (Å²) < 4.78 is 0. The highest BCUT2D eigenvalue weighted by molar-refractivity contribution is 8.14. The minimum Gasteiger partial charge on any atom is -0.278 e. The third kappa shape index (κ3) is 8.49. The van der Waals surface area contributed by atoms with E-state index in [1.807, 2.05) is 70.2 Å². The fourth-order valence-corrected chi connectivity index (χ4v) is 2.61. The van der Waals surface area contributed by atoms with E-state index in [1.165, 1.54) is 0 Å². The molecule has 1 aromatic carbocycles. The molecule has 0 aliphatic heterocycles. The van der Waals surface area contributed by atoms with Gasteiger partial charge in [0.25, 0.3) is 0 Å². The number of aliphatic imine (C=N–C) groups is 2. The maximum atomic E-state index is 4.55. The quantitative estimate of drug-likeness (QED) is 0.241. The number of benzene rings is 1. The molecular formula is C21H28N2S. The van der Waals surface area contributed by atoms with Crippen molar-refractivity contribution in [1.29, 1.82) is 0 Å². The predicted octanol–water partition coefficient (Wildman–Crippen LogP) is 6.50. The number of allylic oxidation sites excluding steroid dienone is 4. The Hall–Kier alpha value is -2.13. The number of nitrogens with zero attached hydrogens (tertiary/aromatic N) is 2. The van der Waals surface area contributed by atoms with Crippen LogP contribution in [0.5, 0.6) is 0 Å². The largest absolute Gasteiger partial charge is 0.278 e. The van der Waals surface area contributed by atoms with E-state index < -0.39 is 0 Å². The average molecular weight is 341 g/mol. The van der Waals surface area contributed by atoms with E-state index in [2.05, 4.69) is 35.4 Å². The van der Waals surface area contributed by atoms with E-state index in [4.69, 9.17) is 0 Å². The van der Waals surface area contributed by atoms with Gasteiger partial charge in [-0.05, 0) is 44.3 Å². The maximum Gasteiger partial charge on any atom is 0.0973 e. The van der Waals surface area contributed by atoms with Crippen molar-refractivity contribution in [2.75, 3.05) is 6.54 Å². The summed E-state index contributed by atoms with van der Waals surface area (Å²) in [5.41, 5.74) is 1.79. The lowest BCUT2D eigenvalue weighted by Crippen LogP contribution is -1.93. The molecule has 0 aromatic heterocycles. The van der Waals surface area contributed by atoms with Crippen molar-refractivity contribution in [3.8, 4) is 0 Å². The van der Waals surface area contributed by atoms with Gasteiger partial charge in [-0.15, -0.1) is 0 Å². The van der Waals surface area contributed by atoms with E-state index in [0.717, 1.165) is 27.8 Å². The minimum absolute atomic E-state index is 0.726. The van der Waals surface area contributed by atoms with Crippen LogP contribution >= 0.6 is 11.8 Å². The van der Waals surface area contributed by atoms with Gasteiger partial charge in [0.05, 0.1) is 10.7 Å². The maximum absolute atomic E-state index is 4.55. The van der Waals surface area contributed by atoms with Crippen molar-refractivity contribution >= 4 is 23.5 Å². The Balaban J connectivity index is 0.00000254. The first-order valence-electron chi connectivity index (χ1n) is 8.16. The molecule has 0 N–H and O–H groups in total. The molecule has 0 amide bonds. The number of thioether (sulfide) groups is 1. The highest BCUT2D eigenvalue weighted by Gasteiger charge is 2.04. The summed E-state index contributed by atoms with van der Waals surface area (Å²) in [6, 6.07) is 10.2. The first-order valence-corrected chi connectivity index (χ1v) is 8.98. The first-order chi connectivity index (χ1) is 11.7. The molecule has 0 unspecified atom stereocenters. The summed E-state index contributed by atoms with van der Waals surface area (Å²) in [6.07, 6.45) is 9.55. The summed E-state index contributed by atoms with van der Waals surface area (Å²) in [5, 5.41) is 0.919. The summed E-state index contributed by atoms with van der Waals surface area (Å²) in [5.74, 6) is 0. The molecule has 0 radical (unpaired) electrons. The molecule has 0 atom stereocenters. The van der Waals surface area contributed by atoms with Crippen LogP contribution in [0.3, 0.4) is 0 Å². The standard InChI is InChI=1S/C19H22N2S.C2H6/c1-5-8-12-16(6-2)18(20-4)15-19(21-7-3)22-17-13-10-9-11-14-17;1-2/h5-6,8-15H,1,4,7H2,2-3H3;1-2H3/b12-8-,16-6+,18-15-,21-19?;. The van der Waals surface area contributed by atoms with Crippen LogP contribution in [0.4, 0.5) is 0 Å². The molecule has 1 rings (SSSR count). The van der Waals surface area contributed by atoms with Crippen LogP contribution in [0, 0.1) is 0 Å². The molecule has 0 bridgehead atoms. The molecule has 2 nitrogen and oxygen atoms in total. The average Bonchev–Trinajstić information content (AvgIpc) is 2.63. The monoisotopic (exact) mass is 340 g/mol. The van der Waals surface area contributed by atoms with Gasteiger partial charge in [0.1, 0.15) is 0 Å². The fourth-order valence-electron chi connectivity index (χ4n) is 1.71. The minimum atomic E-state index is 0.726. The molecule has 0 aliphatic rings. The zero-order valence-corrected chi connectivity index (χ0v) is 16.0. The van der Waals surface area contributed by atoms with Gasteiger partial charge in [-0.3, -0.25) is 9.98 Å². The van der Waals surface area contributed by atoms with Gasteiger partial charge in [-0.2, -0.15) is 0 Å². The Morgan fingerprint density at radius 3 is 2.38 bits per heavy atom. The first kappa shape index (κ1) is 21.9. The molecule has 128 valence electrons. The van der Waals surface area contributed by atoms with Crippen molar-refractivity contribution in [2.24, 2.45) is 9.98 Å². The molecule has 0 aliphatic carbocycles. The Kier molecular flexibility index (Phi) is 13.2. The smallest absolute Gasteiger partial charge is 0.0973 e. The lowest BCUT2D eigenvalue weighted by atomic mass is 10.1. The van der Waals surface area contributed by atoms with Gasteiger partial charge in [-0.25, -0.2) is 0 Å². The van der Waals surface area contributed by atoms with E-state index in [-0.39, 0.29) is 0 Å². The SMILES string of the molecule is C=C\C=C/C(=C\C)C(=C/C(=NCC)Sc1ccccc1)/N=C.CC. The van der Waals surface area contributed by atoms with Crippen LogP contribution in [-0.2, 0) is 0 Å². The van der Waals surface area contributed by atoms with Crippen LogP contribution in [0.2, 0.25) is 0 Å². The highest BCUT2D eigenvalue weighted by atomic mass is 32.2. The van der Waals surface area contributed by atoms with Crippen LogP contribution in [0.15, 0.2) is 93.4 Å². The Labute approximate surface area is 151 Å². The summed E-state index contributed by atoms with van der Waals surface area (Å²) >= 11 is 1.62. The van der Waals surface area contributed by atoms with Gasteiger partial charge in [0.15, 0.2) is 0 Å². The van der Waals surface area contributed by atoms with E-state index in [1.54, 1.807) is 17.8 Å². The van der Waals surface area contributed by atoms with E-state index in [0.29, 0.717) is 0 Å². The molecule has 1 aromatic rings. The third-order valence-electron chi connectivity index (χ3n) is 2.73. The molecule has 0 spiro atoms. The third-order valence-corrected chi connectivity index (χ3v) is 3.69. The van der Waals surface area contributed by atoms with Gasteiger partial charge in [0, 0.05) is 11.4 Å². The summed E-state index contributed by atoms with van der Waals surface area (Å²) in [7, 11) is 0. The molecule has 3 heteroatoms. The zero-order valence-electron chi connectivity index (χ0n) is 15.2. The normalized spacial score (nSPS) is 12.6. The second kappa shape index (κ2) is 14.5. The van der Waals surface area contributed by atoms with Crippen LogP contribution < -0.4 is 0 Å². The number of hydrogen-bond acceptors (Lipinski definition) is 3. The zero-order chi connectivity index (χ0) is 18.2. The molecular weight excluding hydrogens is 312 g/mol. The lowest BCUT2D eigenvalue weighted by Gasteiger charge is -2.05. The summed E-state index contributed by atoms with van der Waals surface area (Å²) in [6.45, 7) is 16.1. The van der Waals surface area contributed by atoms with Crippen molar-refractivity contribution < 1.29 is 0 Å². The second-order valence-electron chi connectivity index (χ2n) is 4.25. The highest BCUT2D eigenvalue weighted by Crippen LogP contribution is 2.23. The van der Waals surface area contributed by atoms with Gasteiger partial charge in [-0.1, -0.05) is 74.7 Å². The topological polar surface area (TPSA) is 24.7 Å². The molecule has 0 heterocycles. The summed E-state index contributed by atoms with van der Waals surface area (Å²) in [4.78, 5) is 9.84. The van der Waals surface area contributed by atoms with E-state index >= 15 is 0 Å². The molecule has 24 heavy (non-hydrogen) atoms. The van der Waals surface area contributed by atoms with Gasteiger partial charge < -0.3 is 0 Å². The Morgan fingerprint density at radius 1 is 1.21 bits per heavy atom. The second-order valence-corrected chi connectivity index (χ2v) is 5.35. The van der Waals surface area contributed by atoms with E-state index in [9.17, 15) is 0 Å². The van der Waals surface area contributed by atoms with Crippen molar-refractivity contribution in [3.63, 3.8) is 0 Å². The van der Waals surface area contributed by atoms with Gasteiger partial charge in [0.2, 0.25) is 0 Å². The van der Waals surface area contributed by atoms with Crippen LogP contribution in [-0.4, -0.2) is 18.3 Å². The Bertz CT molecular complexity index is 608. The molecule has 0 saturated carbocycles. The predicted molar refractivity (Wildman–Crippen MR) is 112 cm³/mol. The van der Waals surface area contributed by atoms with Crippen molar-refractivity contribution in [2.45, 2.75) is 32.6 Å². The number of rotatable bonds is 7.